The fourth-order valence-corrected chi connectivity index (χ4v) is 3.50. The van der Waals surface area contributed by atoms with Crippen molar-refractivity contribution in [3.05, 3.63) is 65.9 Å². The van der Waals surface area contributed by atoms with Crippen LogP contribution >= 0.6 is 0 Å². The van der Waals surface area contributed by atoms with Crippen molar-refractivity contribution in [2.45, 2.75) is 24.4 Å². The Kier molecular flexibility index (Phi) is 15.7. The Labute approximate surface area is 244 Å². The van der Waals surface area contributed by atoms with Gasteiger partial charge in [0.15, 0.2) is 5.69 Å². The number of hydrogen-bond acceptors (Lipinski definition) is 5. The van der Waals surface area contributed by atoms with Crippen molar-refractivity contribution in [3.8, 4) is 16.9 Å². The number of benzene rings is 2. The molecule has 0 spiro atoms. The van der Waals surface area contributed by atoms with Gasteiger partial charge < -0.3 is 15.7 Å². The number of aryl methyl sites for hydroxylation is 1. The number of rotatable bonds is 8. The van der Waals surface area contributed by atoms with Gasteiger partial charge in [-0.2, -0.15) is 18.3 Å². The van der Waals surface area contributed by atoms with Gasteiger partial charge in [0.2, 0.25) is 0 Å². The third-order valence-electron chi connectivity index (χ3n) is 4.21. The summed E-state index contributed by atoms with van der Waals surface area (Å²) in [7, 11) is -4.04. The zero-order valence-corrected chi connectivity index (χ0v) is 23.9. The summed E-state index contributed by atoms with van der Waals surface area (Å²) in [6, 6.07) is 12.9. The van der Waals surface area contributed by atoms with Gasteiger partial charge in [-0.3, -0.25) is 11.1 Å². The van der Waals surface area contributed by atoms with Crippen LogP contribution in [-0.2, 0) is 31.3 Å². The summed E-state index contributed by atoms with van der Waals surface area (Å²) in [4.78, 5) is 16.5. The predicted octanol–water partition coefficient (Wildman–Crippen LogP) is -3.36. The molecule has 0 atom stereocenters. The summed E-state index contributed by atoms with van der Waals surface area (Å²) >= 11 is 0. The SMILES string of the molecule is Cc1ccc(-c2cc(C(F)(F)F)nn2-c2ccc(S(=O)(=O)NOCC[C-]=O)cc2)cc1.O.[Na+].[Na+].[O-2]. The van der Waals surface area contributed by atoms with Crippen molar-refractivity contribution in [2.24, 2.45) is 0 Å². The van der Waals surface area contributed by atoms with E-state index in [0.717, 1.165) is 16.3 Å². The second kappa shape index (κ2) is 15.2. The molecule has 0 saturated heterocycles. The van der Waals surface area contributed by atoms with E-state index in [1.165, 1.54) is 24.3 Å². The van der Waals surface area contributed by atoms with Gasteiger partial charge in [-0.25, -0.2) is 13.1 Å². The second-order valence-corrected chi connectivity index (χ2v) is 8.16. The molecule has 1 aromatic heterocycles. The van der Waals surface area contributed by atoms with E-state index < -0.39 is 21.9 Å². The molecule has 0 unspecified atom stereocenters. The quantitative estimate of drug-likeness (QED) is 0.139. The number of carbonyl (C=O) groups excluding carboxylic acids is 1. The van der Waals surface area contributed by atoms with E-state index in [4.69, 9.17) is 4.84 Å². The van der Waals surface area contributed by atoms with Gasteiger partial charge in [0, 0.05) is 12.2 Å². The Morgan fingerprint density at radius 1 is 1.06 bits per heavy atom. The Balaban J connectivity index is 0. The van der Waals surface area contributed by atoms with Crippen LogP contribution in [0.3, 0.4) is 0 Å². The molecule has 0 aliphatic rings. The molecule has 0 saturated carbocycles. The van der Waals surface area contributed by atoms with E-state index in [9.17, 15) is 26.4 Å². The largest absolute Gasteiger partial charge is 2.00 e. The molecule has 3 N–H and O–H groups in total. The van der Waals surface area contributed by atoms with Crippen molar-refractivity contribution in [1.29, 1.82) is 0 Å². The van der Waals surface area contributed by atoms with Crippen molar-refractivity contribution in [3.63, 3.8) is 0 Å². The molecule has 3 aromatic rings. The van der Waals surface area contributed by atoms with Crippen LogP contribution < -0.4 is 64.0 Å². The first-order chi connectivity index (χ1) is 14.6. The van der Waals surface area contributed by atoms with Crippen LogP contribution in [0.25, 0.3) is 16.9 Å². The summed E-state index contributed by atoms with van der Waals surface area (Å²) in [6.45, 7) is 1.67. The fourth-order valence-electron chi connectivity index (χ4n) is 2.67. The molecule has 0 aliphatic heterocycles. The number of nitrogens with zero attached hydrogens (tertiary/aromatic N) is 2. The monoisotopic (exact) mass is 532 g/mol. The third-order valence-corrected chi connectivity index (χ3v) is 5.44. The summed E-state index contributed by atoms with van der Waals surface area (Å²) in [6.07, 6.45) is -3.20. The zero-order chi connectivity index (χ0) is 22.6. The van der Waals surface area contributed by atoms with Crippen molar-refractivity contribution in [1.82, 2.24) is 14.7 Å². The Bertz CT molecular complexity index is 1170. The topological polar surface area (TPSA) is 150 Å². The second-order valence-electron chi connectivity index (χ2n) is 6.51. The molecule has 2 aromatic carbocycles. The number of aromatic nitrogens is 2. The van der Waals surface area contributed by atoms with Gasteiger partial charge in [-0.05, 0) is 37.3 Å². The Hall–Kier alpha value is -1.10. The van der Waals surface area contributed by atoms with Crippen LogP contribution in [0.1, 0.15) is 17.7 Å². The van der Waals surface area contributed by atoms with E-state index >= 15 is 0 Å². The van der Waals surface area contributed by atoms with Crippen LogP contribution in [0.15, 0.2) is 59.5 Å². The van der Waals surface area contributed by atoms with Gasteiger partial charge in [0.1, 0.15) is 0 Å². The first-order valence-corrected chi connectivity index (χ1v) is 10.4. The molecular weight excluding hydrogens is 513 g/mol. The molecule has 0 aliphatic carbocycles. The molecule has 15 heteroatoms. The smallest absolute Gasteiger partial charge is 1.00 e. The van der Waals surface area contributed by atoms with Gasteiger partial charge in [-0.15, -0.1) is 6.42 Å². The molecule has 1 heterocycles. The molecule has 0 amide bonds. The van der Waals surface area contributed by atoms with Crippen molar-refractivity contribution < 1.29 is 101 Å². The average molecular weight is 532 g/mol. The van der Waals surface area contributed by atoms with Crippen LogP contribution in [0, 0.1) is 6.92 Å². The minimum atomic E-state index is -4.64. The molecule has 0 bridgehead atoms. The molecule has 0 fully saturated rings. The van der Waals surface area contributed by atoms with E-state index in [1.807, 2.05) is 11.8 Å². The van der Waals surface area contributed by atoms with E-state index in [2.05, 4.69) is 5.10 Å². The van der Waals surface area contributed by atoms with Gasteiger partial charge >= 0.3 is 65.3 Å². The summed E-state index contributed by atoms with van der Waals surface area (Å²) in [5, 5.41) is 3.68. The van der Waals surface area contributed by atoms with Crippen LogP contribution in [-0.4, -0.2) is 36.6 Å². The third kappa shape index (κ3) is 9.37. The maximum Gasteiger partial charge on any atom is 1.00 e. The van der Waals surface area contributed by atoms with Crippen LogP contribution in [0.4, 0.5) is 13.2 Å². The predicted molar refractivity (Wildman–Crippen MR) is 110 cm³/mol. The Morgan fingerprint density at radius 3 is 2.14 bits per heavy atom. The van der Waals surface area contributed by atoms with Crippen LogP contribution in [0.5, 0.6) is 0 Å². The summed E-state index contributed by atoms with van der Waals surface area (Å²) in [5.74, 6) is 0. The van der Waals surface area contributed by atoms with Crippen LogP contribution in [0.2, 0.25) is 0 Å². The minimum Gasteiger partial charge on any atom is -2.00 e. The number of hydrogen-bond donors (Lipinski definition) is 1. The summed E-state index contributed by atoms with van der Waals surface area (Å²) in [5.41, 5.74) is 0.839. The zero-order valence-electron chi connectivity index (χ0n) is 19.1. The molecule has 9 nitrogen and oxygen atoms in total. The standard InChI is InChI=1S/C20H17F3N3O4S.2Na.H2O.O/c1-14-3-5-15(6-4-14)18-13-19(20(21,22)23)24-26(18)16-7-9-17(10-8-16)31(28,29)25-30-12-2-11-27;;;;/h3-10,13,25H,2,12H2,1H3;;;1H2;/q-1;2*+1;;-2. The molecule has 35 heavy (non-hydrogen) atoms. The number of halogens is 3. The fraction of sp³-hybridized carbons (Fsp3) is 0.200. The molecule has 180 valence electrons. The van der Waals surface area contributed by atoms with Crippen molar-refractivity contribution >= 4 is 16.3 Å². The maximum atomic E-state index is 13.3. The molecule has 0 radical (unpaired) electrons. The normalized spacial score (nSPS) is 10.7. The Morgan fingerprint density at radius 2 is 1.63 bits per heavy atom. The van der Waals surface area contributed by atoms with Gasteiger partial charge in [-0.1, -0.05) is 34.7 Å². The minimum absolute atomic E-state index is 0. The average Bonchev–Trinajstić information content (AvgIpc) is 3.18. The van der Waals surface area contributed by atoms with E-state index in [1.54, 1.807) is 30.6 Å². The first-order valence-electron chi connectivity index (χ1n) is 8.95. The molecular formula is C20H19F3N3Na2O6S-. The number of alkyl halides is 3. The first kappa shape index (κ1) is 36.1. The van der Waals surface area contributed by atoms with Crippen molar-refractivity contribution in [2.75, 3.05) is 6.61 Å². The number of sulfonamides is 1. The van der Waals surface area contributed by atoms with E-state index in [0.29, 0.717) is 5.56 Å². The van der Waals surface area contributed by atoms with E-state index in [-0.39, 0.29) is 99.4 Å². The summed E-state index contributed by atoms with van der Waals surface area (Å²) < 4.78 is 65.3. The van der Waals surface area contributed by atoms with Gasteiger partial charge in [0.05, 0.1) is 16.3 Å². The maximum absolute atomic E-state index is 13.3. The molecule has 3 rings (SSSR count). The van der Waals surface area contributed by atoms with Gasteiger partial charge in [0.25, 0.3) is 10.0 Å². The number of nitrogens with one attached hydrogen (secondary N) is 1.